The Labute approximate surface area is 186 Å². The summed E-state index contributed by atoms with van der Waals surface area (Å²) in [6.07, 6.45) is 2.70. The summed E-state index contributed by atoms with van der Waals surface area (Å²) in [5, 5.41) is 5.08. The van der Waals surface area contributed by atoms with E-state index >= 15 is 0 Å². The number of pyridine rings is 1. The number of fused-ring (bicyclic) bond motifs is 1. The van der Waals surface area contributed by atoms with Gasteiger partial charge in [0.1, 0.15) is 17.2 Å². The fraction of sp³-hybridized carbons (Fsp3) is 0.250. The smallest absolute Gasteiger partial charge is 0.253 e. The van der Waals surface area contributed by atoms with Crippen molar-refractivity contribution in [2.75, 3.05) is 19.1 Å². The molecule has 3 aromatic heterocycles. The van der Waals surface area contributed by atoms with Crippen molar-refractivity contribution in [1.29, 1.82) is 0 Å². The Balaban J connectivity index is 1.56. The summed E-state index contributed by atoms with van der Waals surface area (Å²) in [6, 6.07) is 15.6. The van der Waals surface area contributed by atoms with Crippen LogP contribution in [0.4, 0.5) is 5.82 Å². The SMILES string of the molecule is CCc1nc2ccc(C(=O)NCc3ccc(OC)cc3)cn2c1N(C)Cc1cccs1. The number of ether oxygens (including phenoxy) is 1. The summed E-state index contributed by atoms with van der Waals surface area (Å²) in [6.45, 7) is 3.36. The summed E-state index contributed by atoms with van der Waals surface area (Å²) in [7, 11) is 3.71. The minimum Gasteiger partial charge on any atom is -0.497 e. The van der Waals surface area contributed by atoms with Crippen LogP contribution < -0.4 is 15.0 Å². The molecule has 0 aliphatic heterocycles. The van der Waals surface area contributed by atoms with Crippen LogP contribution >= 0.6 is 11.3 Å². The van der Waals surface area contributed by atoms with Gasteiger partial charge >= 0.3 is 0 Å². The van der Waals surface area contributed by atoms with Gasteiger partial charge in [-0.2, -0.15) is 0 Å². The van der Waals surface area contributed by atoms with Gasteiger partial charge in [-0.15, -0.1) is 11.3 Å². The maximum absolute atomic E-state index is 12.8. The third-order valence-electron chi connectivity index (χ3n) is 5.21. The lowest BCUT2D eigenvalue weighted by atomic mass is 10.2. The second-order valence-electron chi connectivity index (χ2n) is 7.35. The van der Waals surface area contributed by atoms with Crippen molar-refractivity contribution in [2.24, 2.45) is 0 Å². The number of nitrogens with zero attached hydrogens (tertiary/aromatic N) is 3. The molecule has 0 fully saturated rings. The first-order valence-corrected chi connectivity index (χ1v) is 11.1. The molecule has 0 radical (unpaired) electrons. The van der Waals surface area contributed by atoms with Crippen LogP contribution in [0.2, 0.25) is 0 Å². The lowest BCUT2D eigenvalue weighted by Crippen LogP contribution is -2.23. The predicted molar refractivity (Wildman–Crippen MR) is 125 cm³/mol. The summed E-state index contributed by atoms with van der Waals surface area (Å²) in [5.74, 6) is 1.71. The minimum atomic E-state index is -0.115. The summed E-state index contributed by atoms with van der Waals surface area (Å²) < 4.78 is 7.20. The van der Waals surface area contributed by atoms with Gasteiger partial charge in [-0.05, 0) is 47.7 Å². The second-order valence-corrected chi connectivity index (χ2v) is 8.38. The third-order valence-corrected chi connectivity index (χ3v) is 6.07. The molecule has 0 aliphatic carbocycles. The van der Waals surface area contributed by atoms with Crippen LogP contribution in [0.5, 0.6) is 5.75 Å². The largest absolute Gasteiger partial charge is 0.497 e. The third kappa shape index (κ3) is 4.56. The van der Waals surface area contributed by atoms with Gasteiger partial charge < -0.3 is 15.0 Å². The van der Waals surface area contributed by atoms with Crippen LogP contribution in [-0.2, 0) is 19.5 Å². The van der Waals surface area contributed by atoms with E-state index in [4.69, 9.17) is 9.72 Å². The number of imidazole rings is 1. The van der Waals surface area contributed by atoms with Crippen LogP contribution in [0.15, 0.2) is 60.1 Å². The highest BCUT2D eigenvalue weighted by atomic mass is 32.1. The van der Waals surface area contributed by atoms with Crippen molar-refractivity contribution in [1.82, 2.24) is 14.7 Å². The number of hydrogen-bond acceptors (Lipinski definition) is 5. The van der Waals surface area contributed by atoms with E-state index < -0.39 is 0 Å². The fourth-order valence-electron chi connectivity index (χ4n) is 3.60. The first-order chi connectivity index (χ1) is 15.1. The molecule has 31 heavy (non-hydrogen) atoms. The molecule has 4 rings (SSSR count). The minimum absolute atomic E-state index is 0.115. The zero-order valence-corrected chi connectivity index (χ0v) is 18.8. The van der Waals surface area contributed by atoms with Gasteiger partial charge in [0.15, 0.2) is 0 Å². The number of hydrogen-bond donors (Lipinski definition) is 1. The molecule has 0 saturated carbocycles. The van der Waals surface area contributed by atoms with Crippen LogP contribution in [0.1, 0.15) is 33.4 Å². The lowest BCUT2D eigenvalue weighted by molar-refractivity contribution is 0.0950. The van der Waals surface area contributed by atoms with Gasteiger partial charge in [0.05, 0.1) is 24.9 Å². The maximum Gasteiger partial charge on any atom is 0.253 e. The number of thiophene rings is 1. The Hall–Kier alpha value is -3.32. The molecule has 6 nitrogen and oxygen atoms in total. The summed E-state index contributed by atoms with van der Waals surface area (Å²) in [5.41, 5.74) is 3.49. The Morgan fingerprint density at radius 1 is 1.19 bits per heavy atom. The number of amides is 1. The zero-order chi connectivity index (χ0) is 21.8. The van der Waals surface area contributed by atoms with Gasteiger partial charge in [-0.25, -0.2) is 4.98 Å². The van der Waals surface area contributed by atoms with Crippen LogP contribution in [0, 0.1) is 0 Å². The molecule has 4 aromatic rings. The molecule has 0 spiro atoms. The van der Waals surface area contributed by atoms with Crippen molar-refractivity contribution >= 4 is 28.7 Å². The van der Waals surface area contributed by atoms with E-state index in [9.17, 15) is 4.79 Å². The second kappa shape index (κ2) is 9.22. The molecule has 3 heterocycles. The molecule has 1 aromatic carbocycles. The van der Waals surface area contributed by atoms with E-state index in [1.807, 2.05) is 47.0 Å². The highest BCUT2D eigenvalue weighted by molar-refractivity contribution is 7.09. The molecule has 0 bridgehead atoms. The average Bonchev–Trinajstić information content (AvgIpc) is 3.44. The number of carbonyl (C=O) groups excluding carboxylic acids is 1. The standard InChI is InChI=1S/C24H26N4O2S/c1-4-21-24(27(2)16-20-6-5-13-31-20)28-15-18(9-12-22(28)26-21)23(29)25-14-17-7-10-19(30-3)11-8-17/h5-13,15H,4,14,16H2,1-3H3,(H,25,29). The predicted octanol–water partition coefficient (Wildman–Crippen LogP) is 4.53. The fourth-order valence-corrected chi connectivity index (χ4v) is 4.35. The van der Waals surface area contributed by atoms with E-state index in [-0.39, 0.29) is 5.91 Å². The Kier molecular flexibility index (Phi) is 6.23. The Bertz CT molecular complexity index is 1170. The van der Waals surface area contributed by atoms with Crippen LogP contribution in [-0.4, -0.2) is 29.4 Å². The molecule has 0 aliphatic rings. The number of nitrogens with one attached hydrogen (secondary N) is 1. The summed E-state index contributed by atoms with van der Waals surface area (Å²) >= 11 is 1.74. The van der Waals surface area contributed by atoms with Crippen molar-refractivity contribution < 1.29 is 9.53 Å². The van der Waals surface area contributed by atoms with E-state index in [0.717, 1.165) is 41.4 Å². The van der Waals surface area contributed by atoms with Gasteiger partial charge in [-0.3, -0.25) is 9.20 Å². The van der Waals surface area contributed by atoms with Crippen molar-refractivity contribution in [3.8, 4) is 5.75 Å². The van der Waals surface area contributed by atoms with E-state index in [0.29, 0.717) is 12.1 Å². The van der Waals surface area contributed by atoms with Gasteiger partial charge in [0.25, 0.3) is 5.91 Å². The quantitative estimate of drug-likeness (QED) is 0.443. The van der Waals surface area contributed by atoms with E-state index in [1.165, 1.54) is 4.88 Å². The van der Waals surface area contributed by atoms with Crippen LogP contribution in [0.3, 0.4) is 0 Å². The van der Waals surface area contributed by atoms with Gasteiger partial charge in [-0.1, -0.05) is 25.1 Å². The normalized spacial score (nSPS) is 10.9. The number of methoxy groups -OCH3 is 1. The van der Waals surface area contributed by atoms with Crippen molar-refractivity contribution in [3.63, 3.8) is 0 Å². The Morgan fingerprint density at radius 3 is 2.68 bits per heavy atom. The van der Waals surface area contributed by atoms with Crippen LogP contribution in [0.25, 0.3) is 5.65 Å². The number of benzene rings is 1. The molecular formula is C24H26N4O2S. The van der Waals surface area contributed by atoms with Crippen molar-refractivity contribution in [2.45, 2.75) is 26.4 Å². The maximum atomic E-state index is 12.8. The Morgan fingerprint density at radius 2 is 2.00 bits per heavy atom. The summed E-state index contributed by atoms with van der Waals surface area (Å²) in [4.78, 5) is 21.1. The van der Waals surface area contributed by atoms with Gasteiger partial charge in [0.2, 0.25) is 0 Å². The van der Waals surface area contributed by atoms with Crippen molar-refractivity contribution in [3.05, 3.63) is 81.8 Å². The highest BCUT2D eigenvalue weighted by Crippen LogP contribution is 2.25. The molecule has 0 unspecified atom stereocenters. The molecular weight excluding hydrogens is 408 g/mol. The first kappa shape index (κ1) is 20.9. The van der Waals surface area contributed by atoms with E-state index in [1.54, 1.807) is 18.4 Å². The molecule has 7 heteroatoms. The number of anilines is 1. The van der Waals surface area contributed by atoms with Gasteiger partial charge in [0, 0.05) is 24.7 Å². The number of aryl methyl sites for hydroxylation is 1. The first-order valence-electron chi connectivity index (χ1n) is 10.2. The number of carbonyl (C=O) groups is 1. The topological polar surface area (TPSA) is 58.9 Å². The molecule has 1 amide bonds. The molecule has 160 valence electrons. The number of aromatic nitrogens is 2. The zero-order valence-electron chi connectivity index (χ0n) is 18.0. The molecule has 0 atom stereocenters. The molecule has 0 saturated heterocycles. The lowest BCUT2D eigenvalue weighted by Gasteiger charge is -2.19. The molecule has 1 N–H and O–H groups in total. The van der Waals surface area contributed by atoms with E-state index in [2.05, 4.69) is 41.7 Å². The highest BCUT2D eigenvalue weighted by Gasteiger charge is 2.17. The number of rotatable bonds is 8. The average molecular weight is 435 g/mol. The monoisotopic (exact) mass is 434 g/mol.